The molecule has 6 nitrogen and oxygen atoms in total. The van der Waals surface area contributed by atoms with Crippen LogP contribution in [0.4, 0.5) is 19.0 Å². The Morgan fingerprint density at radius 2 is 2.11 bits per heavy atom. The Hall–Kier alpha value is -1.90. The average Bonchev–Trinajstić information content (AvgIpc) is 2.37. The van der Waals surface area contributed by atoms with Crippen molar-refractivity contribution in [1.29, 1.82) is 0 Å². The Morgan fingerprint density at radius 1 is 1.47 bits per heavy atom. The second-order valence-electron chi connectivity index (χ2n) is 3.50. The molecule has 0 saturated carbocycles. The van der Waals surface area contributed by atoms with E-state index in [-0.39, 0.29) is 0 Å². The van der Waals surface area contributed by atoms with Gasteiger partial charge in [0, 0.05) is 19.0 Å². The number of ether oxygens (including phenoxy) is 1. The number of carboxylic acids is 1. The molecule has 9 heteroatoms. The summed E-state index contributed by atoms with van der Waals surface area (Å²) in [5.74, 6) is -1.87. The first kappa shape index (κ1) is 15.2. The summed E-state index contributed by atoms with van der Waals surface area (Å²) in [6, 6.07) is 0. The minimum atomic E-state index is -5.08. The van der Waals surface area contributed by atoms with Gasteiger partial charge in [0.1, 0.15) is 12.1 Å². The van der Waals surface area contributed by atoms with Gasteiger partial charge in [-0.1, -0.05) is 0 Å². The van der Waals surface area contributed by atoms with E-state index in [0.29, 0.717) is 6.61 Å². The molecule has 0 aromatic carbocycles. The maximum Gasteiger partial charge on any atom is 0.490 e. The number of hydrogen-bond donors (Lipinski definition) is 2. The number of nitrogens with one attached hydrogen (secondary N) is 1. The van der Waals surface area contributed by atoms with E-state index in [0.717, 1.165) is 30.1 Å². The van der Waals surface area contributed by atoms with Gasteiger partial charge >= 0.3 is 12.1 Å². The molecule has 1 aromatic heterocycles. The van der Waals surface area contributed by atoms with Gasteiger partial charge in [-0.15, -0.1) is 0 Å². The van der Waals surface area contributed by atoms with Crippen LogP contribution in [-0.2, 0) is 22.6 Å². The van der Waals surface area contributed by atoms with Crippen molar-refractivity contribution in [2.45, 2.75) is 19.2 Å². The predicted molar refractivity (Wildman–Crippen MR) is 58.6 cm³/mol. The van der Waals surface area contributed by atoms with Crippen LogP contribution < -0.4 is 5.32 Å². The minimum Gasteiger partial charge on any atom is -0.475 e. The Morgan fingerprint density at radius 3 is 2.63 bits per heavy atom. The molecule has 19 heavy (non-hydrogen) atoms. The number of rotatable bonds is 1. The summed E-state index contributed by atoms with van der Waals surface area (Å²) in [4.78, 5) is 17.2. The first-order chi connectivity index (χ1) is 8.86. The van der Waals surface area contributed by atoms with Gasteiger partial charge in [-0.2, -0.15) is 13.2 Å². The summed E-state index contributed by atoms with van der Waals surface area (Å²) in [7, 11) is 1.86. The van der Waals surface area contributed by atoms with Crippen molar-refractivity contribution in [2.75, 3.05) is 19.0 Å². The molecule has 0 bridgehead atoms. The zero-order chi connectivity index (χ0) is 14.5. The second kappa shape index (κ2) is 6.32. The number of hydrogen-bond acceptors (Lipinski definition) is 5. The Balaban J connectivity index is 0.000000224. The molecule has 2 rings (SSSR count). The Kier molecular flexibility index (Phi) is 5.04. The van der Waals surface area contributed by atoms with Crippen molar-refractivity contribution >= 4 is 11.8 Å². The van der Waals surface area contributed by atoms with Gasteiger partial charge in [-0.05, 0) is 0 Å². The number of aliphatic carboxylic acids is 1. The third-order valence-corrected chi connectivity index (χ3v) is 2.24. The fourth-order valence-electron chi connectivity index (χ4n) is 1.37. The van der Waals surface area contributed by atoms with Crippen LogP contribution in [-0.4, -0.2) is 40.9 Å². The van der Waals surface area contributed by atoms with Crippen molar-refractivity contribution < 1.29 is 27.8 Å². The number of alkyl halides is 3. The molecule has 0 radical (unpaired) electrons. The smallest absolute Gasteiger partial charge is 0.475 e. The van der Waals surface area contributed by atoms with E-state index in [1.165, 1.54) is 0 Å². The molecule has 0 amide bonds. The Labute approximate surface area is 106 Å². The number of carboxylic acid groups (broad SMARTS) is 1. The molecule has 0 saturated heterocycles. The monoisotopic (exact) mass is 279 g/mol. The third kappa shape index (κ3) is 4.36. The van der Waals surface area contributed by atoms with Crippen molar-refractivity contribution in [3.63, 3.8) is 0 Å². The number of carbonyl (C=O) groups is 1. The van der Waals surface area contributed by atoms with E-state index in [2.05, 4.69) is 15.3 Å². The van der Waals surface area contributed by atoms with E-state index >= 15 is 0 Å². The van der Waals surface area contributed by atoms with Crippen LogP contribution in [0.1, 0.15) is 11.3 Å². The van der Waals surface area contributed by atoms with Gasteiger partial charge in [0.05, 0.1) is 18.9 Å². The van der Waals surface area contributed by atoms with Gasteiger partial charge in [0.15, 0.2) is 0 Å². The van der Waals surface area contributed by atoms with Crippen LogP contribution >= 0.6 is 0 Å². The number of anilines is 1. The molecule has 1 aliphatic rings. The van der Waals surface area contributed by atoms with Crippen LogP contribution in [0.2, 0.25) is 0 Å². The fourth-order valence-corrected chi connectivity index (χ4v) is 1.37. The van der Waals surface area contributed by atoms with Gasteiger partial charge in [0.25, 0.3) is 0 Å². The lowest BCUT2D eigenvalue weighted by Gasteiger charge is -2.17. The minimum absolute atomic E-state index is 0.631. The molecule has 2 heterocycles. The molecule has 1 aliphatic heterocycles. The maximum absolute atomic E-state index is 10.6. The summed E-state index contributed by atoms with van der Waals surface area (Å²) in [6.45, 7) is 1.40. The highest BCUT2D eigenvalue weighted by Gasteiger charge is 2.38. The standard InChI is InChI=1S/C8H11N3O.C2HF3O2/c1-9-8-6-4-12-3-2-7(6)10-5-11-8;3-2(4,5)1(6)7/h5H,2-4H2,1H3,(H,9,10,11);(H,6,7). The topological polar surface area (TPSA) is 84.3 Å². The first-order valence-corrected chi connectivity index (χ1v) is 5.24. The van der Waals surface area contributed by atoms with Crippen molar-refractivity contribution in [2.24, 2.45) is 0 Å². The quantitative estimate of drug-likeness (QED) is 0.804. The molecule has 0 fully saturated rings. The van der Waals surface area contributed by atoms with E-state index in [1.807, 2.05) is 7.05 Å². The summed E-state index contributed by atoms with van der Waals surface area (Å²) >= 11 is 0. The number of nitrogens with zero attached hydrogens (tertiary/aromatic N) is 2. The van der Waals surface area contributed by atoms with Gasteiger partial charge < -0.3 is 15.2 Å². The Bertz CT molecular complexity index is 437. The number of aromatic nitrogens is 2. The molecular weight excluding hydrogens is 267 g/mol. The highest BCUT2D eigenvalue weighted by molar-refractivity contribution is 5.73. The van der Waals surface area contributed by atoms with Crippen LogP contribution in [0.25, 0.3) is 0 Å². The van der Waals surface area contributed by atoms with E-state index in [4.69, 9.17) is 14.6 Å². The van der Waals surface area contributed by atoms with Crippen LogP contribution in [0, 0.1) is 0 Å². The maximum atomic E-state index is 10.6. The van der Waals surface area contributed by atoms with Gasteiger partial charge in [0.2, 0.25) is 0 Å². The van der Waals surface area contributed by atoms with Crippen LogP contribution in [0.3, 0.4) is 0 Å². The first-order valence-electron chi connectivity index (χ1n) is 5.24. The molecule has 1 aromatic rings. The summed E-state index contributed by atoms with van der Waals surface area (Å²) in [6.07, 6.45) is -2.59. The predicted octanol–water partition coefficient (Wildman–Crippen LogP) is 1.22. The van der Waals surface area contributed by atoms with E-state index in [1.54, 1.807) is 6.33 Å². The second-order valence-corrected chi connectivity index (χ2v) is 3.50. The zero-order valence-electron chi connectivity index (χ0n) is 9.99. The fraction of sp³-hybridized carbons (Fsp3) is 0.500. The summed E-state index contributed by atoms with van der Waals surface area (Å²) in [5, 5.41) is 10.1. The van der Waals surface area contributed by atoms with Crippen LogP contribution in [0.15, 0.2) is 6.33 Å². The van der Waals surface area contributed by atoms with E-state index in [9.17, 15) is 13.2 Å². The molecular formula is C10H12F3N3O3. The number of fused-ring (bicyclic) bond motifs is 1. The van der Waals surface area contributed by atoms with Crippen molar-refractivity contribution in [3.05, 3.63) is 17.6 Å². The lowest BCUT2D eigenvalue weighted by molar-refractivity contribution is -0.192. The molecule has 2 N–H and O–H groups in total. The average molecular weight is 279 g/mol. The lowest BCUT2D eigenvalue weighted by Crippen LogP contribution is -2.21. The molecule has 106 valence electrons. The summed E-state index contributed by atoms with van der Waals surface area (Å²) in [5.41, 5.74) is 2.21. The van der Waals surface area contributed by atoms with Gasteiger partial charge in [-0.25, -0.2) is 14.8 Å². The van der Waals surface area contributed by atoms with Crippen LogP contribution in [0.5, 0.6) is 0 Å². The molecule has 0 unspecified atom stereocenters. The summed E-state index contributed by atoms with van der Waals surface area (Å²) < 4.78 is 37.1. The highest BCUT2D eigenvalue weighted by Crippen LogP contribution is 2.19. The molecule has 0 spiro atoms. The highest BCUT2D eigenvalue weighted by atomic mass is 19.4. The lowest BCUT2D eigenvalue weighted by atomic mass is 10.1. The number of halogens is 3. The van der Waals surface area contributed by atoms with E-state index < -0.39 is 12.1 Å². The van der Waals surface area contributed by atoms with Crippen molar-refractivity contribution in [1.82, 2.24) is 9.97 Å². The van der Waals surface area contributed by atoms with Gasteiger partial charge in [-0.3, -0.25) is 0 Å². The molecule has 0 atom stereocenters. The largest absolute Gasteiger partial charge is 0.490 e. The SMILES string of the molecule is CNc1ncnc2c1COCC2.O=C(O)C(F)(F)F. The third-order valence-electron chi connectivity index (χ3n) is 2.24. The zero-order valence-corrected chi connectivity index (χ0v) is 9.99. The van der Waals surface area contributed by atoms with Crippen molar-refractivity contribution in [3.8, 4) is 0 Å². The molecule has 0 aliphatic carbocycles. The normalized spacial score (nSPS) is 13.9.